The van der Waals surface area contributed by atoms with Crippen molar-refractivity contribution >= 4 is 11.6 Å². The Hall–Kier alpha value is -3.69. The van der Waals surface area contributed by atoms with Gasteiger partial charge in [-0.05, 0) is 48.9 Å². The first-order valence-electron chi connectivity index (χ1n) is 8.93. The summed E-state index contributed by atoms with van der Waals surface area (Å²) in [6.07, 6.45) is -3.67. The van der Waals surface area contributed by atoms with Gasteiger partial charge >= 0.3 is 6.18 Å². The molecule has 0 bridgehead atoms. The molecule has 0 saturated heterocycles. The lowest BCUT2D eigenvalue weighted by Gasteiger charge is -2.18. The second-order valence-electron chi connectivity index (χ2n) is 6.78. The lowest BCUT2D eigenvalue weighted by Crippen LogP contribution is -2.29. The molecule has 0 aliphatic heterocycles. The molecular weight excluding hydrogens is 421 g/mol. The molecule has 0 saturated carbocycles. The van der Waals surface area contributed by atoms with Crippen LogP contribution in [0, 0.1) is 11.6 Å². The number of nitrogens with two attached hydrogens (primary N) is 1. The van der Waals surface area contributed by atoms with Gasteiger partial charge in [0.05, 0.1) is 17.2 Å². The van der Waals surface area contributed by atoms with E-state index in [1.165, 1.54) is 13.0 Å². The molecule has 31 heavy (non-hydrogen) atoms. The smallest absolute Gasteiger partial charge is 0.399 e. The Morgan fingerprint density at radius 2 is 1.71 bits per heavy atom. The van der Waals surface area contributed by atoms with Gasteiger partial charge in [-0.1, -0.05) is 6.07 Å². The van der Waals surface area contributed by atoms with Crippen LogP contribution in [0.2, 0.25) is 0 Å². The number of pyridine rings is 1. The number of alkyl halides is 3. The van der Waals surface area contributed by atoms with Crippen LogP contribution in [0.25, 0.3) is 5.69 Å². The number of carbonyl (C=O) groups is 1. The van der Waals surface area contributed by atoms with E-state index in [4.69, 9.17) is 5.73 Å². The minimum Gasteiger partial charge on any atom is -0.399 e. The molecule has 0 radical (unpaired) electrons. The van der Waals surface area contributed by atoms with Crippen molar-refractivity contribution in [1.82, 2.24) is 9.88 Å². The average molecular weight is 437 g/mol. The van der Waals surface area contributed by atoms with Gasteiger partial charge < -0.3 is 11.1 Å². The van der Waals surface area contributed by atoms with E-state index in [1.54, 1.807) is 0 Å². The summed E-state index contributed by atoms with van der Waals surface area (Å²) in [7, 11) is 0. The monoisotopic (exact) mass is 437 g/mol. The number of halogens is 5. The Morgan fingerprint density at radius 3 is 2.32 bits per heavy atom. The zero-order chi connectivity index (χ0) is 22.9. The van der Waals surface area contributed by atoms with Gasteiger partial charge in [-0.2, -0.15) is 13.2 Å². The van der Waals surface area contributed by atoms with E-state index in [9.17, 15) is 31.5 Å². The molecule has 3 rings (SSSR count). The van der Waals surface area contributed by atoms with E-state index in [1.807, 2.05) is 0 Å². The molecule has 3 N–H and O–H groups in total. The molecule has 2 aromatic carbocycles. The fourth-order valence-corrected chi connectivity index (χ4v) is 2.97. The van der Waals surface area contributed by atoms with Crippen molar-refractivity contribution in [3.05, 3.63) is 93.4 Å². The highest BCUT2D eigenvalue weighted by Crippen LogP contribution is 2.32. The van der Waals surface area contributed by atoms with Gasteiger partial charge in [0.15, 0.2) is 0 Å². The highest BCUT2D eigenvalue weighted by molar-refractivity contribution is 5.94. The summed E-state index contributed by atoms with van der Waals surface area (Å²) in [5, 5.41) is 2.48. The molecule has 1 heterocycles. The molecule has 1 atom stereocenters. The van der Waals surface area contributed by atoms with Gasteiger partial charge in [0.1, 0.15) is 17.3 Å². The molecule has 1 amide bonds. The lowest BCUT2D eigenvalue weighted by molar-refractivity contribution is -0.137. The summed E-state index contributed by atoms with van der Waals surface area (Å²) >= 11 is 0. The van der Waals surface area contributed by atoms with E-state index < -0.39 is 46.6 Å². The summed E-state index contributed by atoms with van der Waals surface area (Å²) in [6, 6.07) is 7.16. The maximum absolute atomic E-state index is 14.0. The van der Waals surface area contributed by atoms with E-state index in [-0.39, 0.29) is 16.8 Å². The van der Waals surface area contributed by atoms with E-state index in [2.05, 4.69) is 5.32 Å². The van der Waals surface area contributed by atoms with Gasteiger partial charge in [-0.15, -0.1) is 0 Å². The fraction of sp³-hybridized carbons (Fsp3) is 0.143. The van der Waals surface area contributed by atoms with Crippen molar-refractivity contribution in [1.29, 1.82) is 0 Å². The molecule has 0 aliphatic rings. The minimum atomic E-state index is -4.62. The first-order chi connectivity index (χ1) is 14.5. The zero-order valence-electron chi connectivity index (χ0n) is 16.0. The number of amides is 1. The van der Waals surface area contributed by atoms with Gasteiger partial charge in [0.25, 0.3) is 11.5 Å². The van der Waals surface area contributed by atoms with Crippen LogP contribution in [0.4, 0.5) is 27.6 Å². The SMILES string of the molecule is C[C@@H](NC(=O)c1ccc(=O)n(-c2c(F)cccc2F)c1)c1cc(N)cc(C(F)(F)F)c1. The Kier molecular flexibility index (Phi) is 5.83. The number of nitrogen functional groups attached to an aromatic ring is 1. The third-order valence-corrected chi connectivity index (χ3v) is 4.50. The first kappa shape index (κ1) is 22.0. The van der Waals surface area contributed by atoms with Crippen LogP contribution in [-0.4, -0.2) is 10.5 Å². The Morgan fingerprint density at radius 1 is 1.06 bits per heavy atom. The van der Waals surface area contributed by atoms with Crippen LogP contribution < -0.4 is 16.6 Å². The predicted molar refractivity (Wildman–Crippen MR) is 104 cm³/mol. The molecule has 162 valence electrons. The van der Waals surface area contributed by atoms with Crippen LogP contribution in [0.15, 0.2) is 59.5 Å². The number of rotatable bonds is 4. The number of nitrogens with one attached hydrogen (secondary N) is 1. The van der Waals surface area contributed by atoms with E-state index >= 15 is 0 Å². The number of benzene rings is 2. The highest BCUT2D eigenvalue weighted by atomic mass is 19.4. The summed E-state index contributed by atoms with van der Waals surface area (Å²) in [4.78, 5) is 24.7. The Balaban J connectivity index is 1.91. The third kappa shape index (κ3) is 4.73. The summed E-state index contributed by atoms with van der Waals surface area (Å²) in [5.74, 6) is -2.78. The number of anilines is 1. The van der Waals surface area contributed by atoms with Gasteiger partial charge in [-0.3, -0.25) is 14.2 Å². The van der Waals surface area contributed by atoms with Crippen LogP contribution >= 0.6 is 0 Å². The van der Waals surface area contributed by atoms with Crippen molar-refractivity contribution in [3.63, 3.8) is 0 Å². The molecule has 0 aliphatic carbocycles. The van der Waals surface area contributed by atoms with Crippen molar-refractivity contribution in [2.75, 3.05) is 5.73 Å². The van der Waals surface area contributed by atoms with Crippen molar-refractivity contribution in [2.24, 2.45) is 0 Å². The Bertz CT molecular complexity index is 1180. The number of aromatic nitrogens is 1. The molecule has 3 aromatic rings. The third-order valence-electron chi connectivity index (χ3n) is 4.50. The van der Waals surface area contributed by atoms with E-state index in [0.29, 0.717) is 4.57 Å². The second kappa shape index (κ2) is 8.21. The molecule has 0 spiro atoms. The standard InChI is InChI=1S/C21H16F5N3O2/c1-11(13-7-14(21(24,25)26)9-15(27)8-13)28-20(31)12-5-6-18(30)29(10-12)19-16(22)3-2-4-17(19)23/h2-11H,27H2,1H3,(H,28,31)/t11-/m1/s1. The van der Waals surface area contributed by atoms with E-state index in [0.717, 1.165) is 48.7 Å². The highest BCUT2D eigenvalue weighted by Gasteiger charge is 2.31. The van der Waals surface area contributed by atoms with Gasteiger partial charge in [0, 0.05) is 18.0 Å². The molecule has 1 aromatic heterocycles. The fourth-order valence-electron chi connectivity index (χ4n) is 2.97. The van der Waals surface area contributed by atoms with Crippen molar-refractivity contribution < 1.29 is 26.7 Å². The van der Waals surface area contributed by atoms with Crippen LogP contribution in [0.3, 0.4) is 0 Å². The van der Waals surface area contributed by atoms with Crippen LogP contribution in [0.5, 0.6) is 0 Å². The van der Waals surface area contributed by atoms with Gasteiger partial charge in [0.2, 0.25) is 0 Å². The number of hydrogen-bond acceptors (Lipinski definition) is 3. The lowest BCUT2D eigenvalue weighted by atomic mass is 10.0. The molecule has 5 nitrogen and oxygen atoms in total. The largest absolute Gasteiger partial charge is 0.416 e. The van der Waals surface area contributed by atoms with Crippen LogP contribution in [0.1, 0.15) is 34.5 Å². The molecule has 0 fully saturated rings. The topological polar surface area (TPSA) is 77.1 Å². The zero-order valence-corrected chi connectivity index (χ0v) is 16.0. The van der Waals surface area contributed by atoms with Gasteiger partial charge in [-0.25, -0.2) is 8.78 Å². The quantitative estimate of drug-likeness (QED) is 0.474. The van der Waals surface area contributed by atoms with Crippen LogP contribution in [-0.2, 0) is 6.18 Å². The maximum atomic E-state index is 14.0. The van der Waals surface area contributed by atoms with Crippen molar-refractivity contribution in [3.8, 4) is 5.69 Å². The number of hydrogen-bond donors (Lipinski definition) is 2. The predicted octanol–water partition coefficient (Wildman–Crippen LogP) is 4.21. The normalized spacial score (nSPS) is 12.5. The molecule has 0 unspecified atom stereocenters. The number of nitrogens with zero attached hydrogens (tertiary/aromatic N) is 1. The summed E-state index contributed by atoms with van der Waals surface area (Å²) in [6.45, 7) is 1.44. The molecular formula is C21H16F5N3O2. The minimum absolute atomic E-state index is 0.106. The summed E-state index contributed by atoms with van der Waals surface area (Å²) < 4.78 is 67.8. The Labute approximate surface area is 172 Å². The van der Waals surface area contributed by atoms with Crippen molar-refractivity contribution in [2.45, 2.75) is 19.1 Å². The summed E-state index contributed by atoms with van der Waals surface area (Å²) in [5.41, 5.74) is 2.99. The molecule has 10 heteroatoms. The maximum Gasteiger partial charge on any atom is 0.416 e. The average Bonchev–Trinajstić information content (AvgIpc) is 2.68. The second-order valence-corrected chi connectivity index (χ2v) is 6.78. The number of carbonyl (C=O) groups excluding carboxylic acids is 1. The number of para-hydroxylation sites is 1. The first-order valence-corrected chi connectivity index (χ1v) is 8.93.